The summed E-state index contributed by atoms with van der Waals surface area (Å²) in [5.74, 6) is -11.9. The van der Waals surface area contributed by atoms with E-state index in [9.17, 15) is 61.4 Å². The minimum atomic E-state index is -5.08. The van der Waals surface area contributed by atoms with E-state index in [4.69, 9.17) is 38.6 Å². The number of aromatic amines is 1. The summed E-state index contributed by atoms with van der Waals surface area (Å²) in [5, 5.41) is 42.6. The Morgan fingerprint density at radius 2 is 1.15 bits per heavy atom. The number of primary amides is 1. The second kappa shape index (κ2) is 43.7. The first-order valence-corrected chi connectivity index (χ1v) is 35.2. The zero-order chi connectivity index (χ0) is 75.6. The number of phenolic OH excluding ortho intramolecular Hbond substituents is 1. The van der Waals surface area contributed by atoms with Crippen LogP contribution in [0.2, 0.25) is 0 Å². The Morgan fingerprint density at radius 3 is 1.75 bits per heavy atom. The van der Waals surface area contributed by atoms with Crippen LogP contribution in [0.15, 0.2) is 85.1 Å². The molecular weight excluding hydrogens is 1370 g/mol. The topological polar surface area (TPSA) is 503 Å². The molecule has 2 heterocycles. The molecule has 5 rings (SSSR count). The number of thiol groups is 1. The summed E-state index contributed by atoms with van der Waals surface area (Å²) in [6.07, 6.45) is -0.481. The molecule has 4 aromatic rings. The largest absolute Gasteiger partial charge is 0.508 e. The van der Waals surface area contributed by atoms with Crippen molar-refractivity contribution in [1.82, 2.24) is 57.7 Å². The van der Waals surface area contributed by atoms with Gasteiger partial charge in [0.2, 0.25) is 65.0 Å². The standard InChI is InChI=1S/C65H96N16O12S2.C2HF3O2/c1-38(2)55-64(92)76-49(26-30-95-37-54(83)72-35-44(69)57(85)74-47(20-10-13-28-67)58(86)79-52(36-94)62(90)73-46(56(70)84)19-9-12-27-66)65(93)81(3)53(32-39-15-5-4-6-16-39)63(91)78-50(31-40-22-24-42(82)25-23-40)60(88)77-51(33-41-34-71-45-18-8-7-17-43(41)45)61(89)75-48(59(87)80-55)21-11-14-29-68;3-2(4,5)1(6)7/h4-8,15-18,22-25,34,38,44,46-53,55,71,82,94H,9-14,19-21,26-33,35-37,66-69H2,1-3H3,(H2,70,84)(H,72,83)(H,73,90)(H,74,85)(H,75,89)(H,76,92)(H,77,88)(H,78,91)(H,79,86)(H,80,87);(H,6,7)/t44-,46-,47-,48-,49-,50-,51+,52-,53-,55-;/m0./s1. The molecule has 0 spiro atoms. The SMILES string of the molecule is CC(C)[C@@H]1NC(=O)[C@H](CCCCN)NC(=O)[C@@H](Cc2c[nH]c3ccccc23)NC(=O)[C@H](Cc2ccc(O)cc2)NC(=O)[C@H](Cc2ccccc2)N(C)C(=O)[C@H](CCSCC(=O)NC[C@H](N)C(=O)N[C@@H](CCCCN)C(=O)N[C@@H](CS)C(=O)N[C@@H](CCCCN)C(N)=O)NC1=O.O=C(O)C(F)(F)F. The molecule has 22 N–H and O–H groups in total. The van der Waals surface area contributed by atoms with Crippen LogP contribution < -0.4 is 76.5 Å². The zero-order valence-corrected chi connectivity index (χ0v) is 58.9. The van der Waals surface area contributed by atoms with E-state index in [-0.39, 0.29) is 81.0 Å². The average Bonchev–Trinajstić information content (AvgIpc) is 1.48. The number of benzene rings is 3. The Labute approximate surface area is 598 Å². The molecule has 0 radical (unpaired) electrons. The molecule has 3 aromatic carbocycles. The van der Waals surface area contributed by atoms with Crippen molar-refractivity contribution < 1.29 is 80.9 Å². The number of thioether (sulfide) groups is 1. The molecule has 0 aliphatic carbocycles. The van der Waals surface area contributed by atoms with E-state index in [2.05, 4.69) is 65.5 Å². The summed E-state index contributed by atoms with van der Waals surface area (Å²) >= 11 is 5.29. The van der Waals surface area contributed by atoms with Crippen LogP contribution in [0.4, 0.5) is 13.2 Å². The van der Waals surface area contributed by atoms with Gasteiger partial charge >= 0.3 is 12.1 Å². The van der Waals surface area contributed by atoms with Crippen LogP contribution in [0.3, 0.4) is 0 Å². The first kappa shape index (κ1) is 85.4. The van der Waals surface area contributed by atoms with Gasteiger partial charge in [0.1, 0.15) is 66.2 Å². The third-order valence-corrected chi connectivity index (χ3v) is 17.8. The number of carbonyl (C=O) groups excluding carboxylic acids is 11. The fourth-order valence-electron chi connectivity index (χ4n) is 10.6. The number of nitrogens with one attached hydrogen (secondary N) is 10. The van der Waals surface area contributed by atoms with Crippen molar-refractivity contribution in [2.45, 2.75) is 164 Å². The monoisotopic (exact) mass is 1470 g/mol. The average molecular weight is 1470 g/mol. The summed E-state index contributed by atoms with van der Waals surface area (Å²) in [6, 6.07) is 9.36. The number of nitrogens with two attached hydrogens (primary N) is 5. The van der Waals surface area contributed by atoms with Gasteiger partial charge in [0.25, 0.3) is 0 Å². The summed E-state index contributed by atoms with van der Waals surface area (Å²) in [7, 11) is 1.39. The normalized spacial score (nSPS) is 19.2. The van der Waals surface area contributed by atoms with E-state index >= 15 is 9.59 Å². The molecule has 0 unspecified atom stereocenters. The van der Waals surface area contributed by atoms with Gasteiger partial charge in [0.05, 0.1) is 5.75 Å². The number of fused-ring (bicyclic) bond motifs is 1. The number of para-hydroxylation sites is 1. The Bertz CT molecular complexity index is 3430. The van der Waals surface area contributed by atoms with Gasteiger partial charge in [0.15, 0.2) is 0 Å². The molecule has 30 nitrogen and oxygen atoms in total. The summed E-state index contributed by atoms with van der Waals surface area (Å²) < 4.78 is 31.7. The maximum atomic E-state index is 15.2. The smallest absolute Gasteiger partial charge is 0.490 e. The number of alkyl halides is 3. The second-order valence-corrected chi connectivity index (χ2v) is 26.2. The Kier molecular flexibility index (Phi) is 36.6. The number of aromatic hydroxyl groups is 1. The van der Waals surface area contributed by atoms with Crippen molar-refractivity contribution >= 4 is 106 Å². The number of carboxylic acid groups (broad SMARTS) is 1. The molecule has 1 fully saturated rings. The minimum Gasteiger partial charge on any atom is -0.508 e. The van der Waals surface area contributed by atoms with Gasteiger partial charge in [0, 0.05) is 55.7 Å². The Balaban J connectivity index is 0.00000298. The minimum absolute atomic E-state index is 0.0466. The highest BCUT2D eigenvalue weighted by Gasteiger charge is 2.40. The van der Waals surface area contributed by atoms with Gasteiger partial charge in [-0.3, -0.25) is 52.7 Å². The maximum absolute atomic E-state index is 15.2. The summed E-state index contributed by atoms with van der Waals surface area (Å²) in [5.41, 5.74) is 31.5. The molecule has 1 aliphatic heterocycles. The van der Waals surface area contributed by atoms with Crippen molar-refractivity contribution in [3.05, 3.63) is 102 Å². The number of unbranched alkanes of at least 4 members (excludes halogenated alkanes) is 3. The van der Waals surface area contributed by atoms with Crippen LogP contribution in [-0.2, 0) is 76.8 Å². The number of amides is 11. The number of aromatic nitrogens is 1. The maximum Gasteiger partial charge on any atom is 0.490 e. The van der Waals surface area contributed by atoms with E-state index in [0.717, 1.165) is 22.7 Å². The van der Waals surface area contributed by atoms with Gasteiger partial charge in [-0.05, 0) is 130 Å². The second-order valence-electron chi connectivity index (χ2n) is 24.7. The van der Waals surface area contributed by atoms with Crippen molar-refractivity contribution in [2.24, 2.45) is 34.6 Å². The van der Waals surface area contributed by atoms with E-state index < -0.39 is 143 Å². The van der Waals surface area contributed by atoms with Gasteiger partial charge in [-0.25, -0.2) is 4.79 Å². The van der Waals surface area contributed by atoms with E-state index in [0.29, 0.717) is 68.3 Å². The van der Waals surface area contributed by atoms with Crippen LogP contribution in [0, 0.1) is 5.92 Å². The number of likely N-dealkylation sites (N-methyl/N-ethyl adjacent to an activating group) is 1. The van der Waals surface area contributed by atoms with Gasteiger partial charge in [-0.1, -0.05) is 74.5 Å². The summed E-state index contributed by atoms with van der Waals surface area (Å²) in [6.45, 7) is 3.95. The van der Waals surface area contributed by atoms with Crippen LogP contribution in [0.25, 0.3) is 10.9 Å². The lowest BCUT2D eigenvalue weighted by atomic mass is 9.98. The van der Waals surface area contributed by atoms with Gasteiger partial charge in [-0.15, -0.1) is 0 Å². The fraction of sp³-hybridized carbons (Fsp3) is 0.522. The van der Waals surface area contributed by atoms with Crippen LogP contribution in [0.5, 0.6) is 5.75 Å². The Morgan fingerprint density at radius 1 is 0.627 bits per heavy atom. The van der Waals surface area contributed by atoms with Crippen molar-refractivity contribution in [3.8, 4) is 5.75 Å². The first-order chi connectivity index (χ1) is 48.4. The number of rotatable bonds is 34. The molecule has 1 aliphatic rings. The molecule has 562 valence electrons. The number of nitrogens with zero attached hydrogens (tertiary/aromatic N) is 1. The van der Waals surface area contributed by atoms with Crippen molar-refractivity contribution in [1.29, 1.82) is 0 Å². The lowest BCUT2D eigenvalue weighted by Crippen LogP contribution is -2.62. The van der Waals surface area contributed by atoms with Gasteiger partial charge in [-0.2, -0.15) is 37.6 Å². The molecule has 0 bridgehead atoms. The van der Waals surface area contributed by atoms with Crippen LogP contribution >= 0.6 is 24.4 Å². The van der Waals surface area contributed by atoms with Crippen LogP contribution in [0.1, 0.15) is 94.7 Å². The third kappa shape index (κ3) is 28.8. The Hall–Kier alpha value is -9.03. The number of phenols is 1. The van der Waals surface area contributed by atoms with Crippen molar-refractivity contribution in [2.75, 3.05) is 50.5 Å². The number of carbonyl (C=O) groups is 12. The zero-order valence-electron chi connectivity index (χ0n) is 57.2. The quantitative estimate of drug-likeness (QED) is 0.0203. The van der Waals surface area contributed by atoms with E-state index in [1.54, 1.807) is 62.5 Å². The number of hydrogen-bond acceptors (Lipinski definition) is 19. The molecule has 1 aromatic heterocycles. The first-order valence-electron chi connectivity index (χ1n) is 33.4. The molecule has 0 saturated carbocycles. The van der Waals surface area contributed by atoms with E-state index in [1.807, 2.05) is 24.3 Å². The highest BCUT2D eigenvalue weighted by molar-refractivity contribution is 7.99. The molecular formula is C67H97F3N16O14S2. The molecule has 35 heteroatoms. The fourth-order valence-corrected chi connectivity index (χ4v) is 11.7. The number of aliphatic carboxylic acids is 1. The lowest BCUT2D eigenvalue weighted by molar-refractivity contribution is -0.192. The highest BCUT2D eigenvalue weighted by atomic mass is 32.2. The van der Waals surface area contributed by atoms with Crippen molar-refractivity contribution in [3.63, 3.8) is 0 Å². The number of H-pyrrole nitrogens is 1. The van der Waals surface area contributed by atoms with Gasteiger partial charge < -0.3 is 96.6 Å². The highest BCUT2D eigenvalue weighted by Crippen LogP contribution is 2.22. The van der Waals surface area contributed by atoms with E-state index in [1.165, 1.54) is 24.1 Å². The lowest BCUT2D eigenvalue weighted by Gasteiger charge is -2.34. The third-order valence-electron chi connectivity index (χ3n) is 16.5. The predicted molar refractivity (Wildman–Crippen MR) is 379 cm³/mol. The molecule has 10 atom stereocenters. The molecule has 11 amide bonds. The predicted octanol–water partition coefficient (Wildman–Crippen LogP) is -0.721. The molecule has 102 heavy (non-hydrogen) atoms. The number of carboxylic acids is 1. The van der Waals surface area contributed by atoms with Crippen LogP contribution in [-0.4, -0.2) is 208 Å². The molecule has 1 saturated heterocycles. The summed E-state index contributed by atoms with van der Waals surface area (Å²) in [4.78, 5) is 168. The number of halogens is 3. The number of hydrogen-bond donors (Lipinski definition) is 18.